The minimum atomic E-state index is -4.24. The fourth-order valence-corrected chi connectivity index (χ4v) is 5.46. The number of anilines is 1. The molecule has 1 saturated heterocycles. The number of para-hydroxylation sites is 1. The molecule has 1 aliphatic heterocycles. The first-order valence-electron chi connectivity index (χ1n) is 12.4. The quantitative estimate of drug-likeness (QED) is 0.230. The third-order valence-corrected chi connectivity index (χ3v) is 7.42. The number of hydrogen-bond donors (Lipinski definition) is 3. The van der Waals surface area contributed by atoms with Gasteiger partial charge >= 0.3 is 13.7 Å². The summed E-state index contributed by atoms with van der Waals surface area (Å²) in [7, 11) is -2.57. The summed E-state index contributed by atoms with van der Waals surface area (Å²) in [4.78, 5) is 25.2. The van der Waals surface area contributed by atoms with Crippen LogP contribution in [0.3, 0.4) is 0 Å². The molecule has 15 heteroatoms. The predicted octanol–water partition coefficient (Wildman–Crippen LogP) is 2.91. The number of aryl methyl sites for hydroxylation is 1. The molecule has 3 N–H and O–H groups in total. The molecule has 0 spiro atoms. The number of nitrogens with zero attached hydrogens (tertiary/aromatic N) is 4. The number of alkyl halides is 1. The van der Waals surface area contributed by atoms with Crippen molar-refractivity contribution in [2.45, 2.75) is 64.4 Å². The number of aliphatic hydroxyl groups excluding tert-OH is 1. The molecule has 39 heavy (non-hydrogen) atoms. The number of ether oxygens (including phenoxy) is 2. The van der Waals surface area contributed by atoms with E-state index >= 15 is 4.39 Å². The summed E-state index contributed by atoms with van der Waals surface area (Å²) in [6.07, 6.45) is -5.09. The van der Waals surface area contributed by atoms with Crippen LogP contribution in [0.4, 0.5) is 10.2 Å². The van der Waals surface area contributed by atoms with Crippen LogP contribution in [0.25, 0.3) is 11.2 Å². The summed E-state index contributed by atoms with van der Waals surface area (Å²) in [5.41, 5.74) is 0.714. The van der Waals surface area contributed by atoms with E-state index in [4.69, 9.17) is 18.5 Å². The zero-order chi connectivity index (χ0) is 28.3. The molecule has 4 rings (SSSR count). The molecule has 0 aliphatic carbocycles. The van der Waals surface area contributed by atoms with Gasteiger partial charge in [-0.3, -0.25) is 13.9 Å². The Morgan fingerprint density at radius 1 is 1.26 bits per heavy atom. The molecule has 212 valence electrons. The SMILES string of the molecule is CNc1nc(C)nc2c1ncn2[C@@H]1O[C@H](CO[P@](=O)(N[C@H](C)C(=O)OC(C)C)Oc2ccccc2)[C@@H](O)[C@H]1F. The lowest BCUT2D eigenvalue weighted by atomic mass is 10.1. The Kier molecular flexibility index (Phi) is 8.82. The summed E-state index contributed by atoms with van der Waals surface area (Å²) in [6, 6.07) is 7.11. The van der Waals surface area contributed by atoms with Crippen molar-refractivity contribution in [1.29, 1.82) is 0 Å². The zero-order valence-electron chi connectivity index (χ0n) is 22.1. The van der Waals surface area contributed by atoms with Crippen LogP contribution >= 0.6 is 7.75 Å². The molecule has 3 aromatic rings. The van der Waals surface area contributed by atoms with Crippen LogP contribution in [0.2, 0.25) is 0 Å². The second-order valence-electron chi connectivity index (χ2n) is 9.23. The summed E-state index contributed by atoms with van der Waals surface area (Å²) in [5.74, 6) is 0.418. The van der Waals surface area contributed by atoms with Crippen molar-refractivity contribution in [3.63, 3.8) is 0 Å². The van der Waals surface area contributed by atoms with Gasteiger partial charge in [-0.2, -0.15) is 5.09 Å². The van der Waals surface area contributed by atoms with Gasteiger partial charge < -0.3 is 24.4 Å². The lowest BCUT2D eigenvalue weighted by molar-refractivity contribution is -0.149. The van der Waals surface area contributed by atoms with E-state index < -0.39 is 57.1 Å². The van der Waals surface area contributed by atoms with Crippen molar-refractivity contribution < 1.29 is 37.4 Å². The number of esters is 1. The van der Waals surface area contributed by atoms with Crippen molar-refractivity contribution in [2.75, 3.05) is 19.0 Å². The highest BCUT2D eigenvalue weighted by atomic mass is 31.2. The highest BCUT2D eigenvalue weighted by Gasteiger charge is 2.47. The van der Waals surface area contributed by atoms with Crippen LogP contribution in [0.5, 0.6) is 5.75 Å². The van der Waals surface area contributed by atoms with Gasteiger partial charge in [-0.15, -0.1) is 0 Å². The largest absolute Gasteiger partial charge is 0.462 e. The van der Waals surface area contributed by atoms with Gasteiger partial charge in [0.15, 0.2) is 29.4 Å². The minimum Gasteiger partial charge on any atom is -0.462 e. The Morgan fingerprint density at radius 2 is 1.97 bits per heavy atom. The highest BCUT2D eigenvalue weighted by molar-refractivity contribution is 7.52. The Hall–Kier alpha value is -3.16. The highest BCUT2D eigenvalue weighted by Crippen LogP contribution is 2.46. The molecule has 1 fully saturated rings. The maximum Gasteiger partial charge on any atom is 0.459 e. The lowest BCUT2D eigenvalue weighted by Crippen LogP contribution is -2.37. The normalized spacial score (nSPS) is 23.5. The molecule has 1 aliphatic rings. The first-order valence-corrected chi connectivity index (χ1v) is 13.9. The van der Waals surface area contributed by atoms with Crippen molar-refractivity contribution in [3.8, 4) is 5.75 Å². The monoisotopic (exact) mass is 566 g/mol. The number of aliphatic hydroxyl groups is 1. The summed E-state index contributed by atoms with van der Waals surface area (Å²) in [6.45, 7) is 5.96. The Bertz CT molecular complexity index is 1340. The number of rotatable bonds is 11. The number of imidazole rings is 1. The van der Waals surface area contributed by atoms with Crippen LogP contribution in [0, 0.1) is 6.92 Å². The number of carbonyl (C=O) groups excluding carboxylic acids is 1. The molecule has 0 saturated carbocycles. The third-order valence-electron chi connectivity index (χ3n) is 5.77. The molecule has 2 aromatic heterocycles. The standard InChI is InChI=1S/C24H32FN6O7P/c1-13(2)36-24(33)14(3)30-39(34,38-16-9-7-6-8-10-16)35-11-17-20(32)18(25)23(37-17)31-12-27-19-21(26-5)28-15(4)29-22(19)31/h6-10,12-14,17-18,20,23,32H,11H2,1-5H3,(H,30,34)(H,26,28,29)/t14-,17-,18-,20-,23-,39-/m1/s1. The molecule has 1 aromatic carbocycles. The van der Waals surface area contributed by atoms with E-state index in [9.17, 15) is 14.5 Å². The third kappa shape index (κ3) is 6.53. The average Bonchev–Trinajstić information content (AvgIpc) is 3.42. The molecule has 13 nitrogen and oxygen atoms in total. The van der Waals surface area contributed by atoms with Gasteiger partial charge in [0.1, 0.15) is 29.8 Å². The summed E-state index contributed by atoms with van der Waals surface area (Å²) < 4.78 is 52.5. The van der Waals surface area contributed by atoms with Gasteiger partial charge in [-0.25, -0.2) is 23.9 Å². The fourth-order valence-electron chi connectivity index (χ4n) is 3.96. The van der Waals surface area contributed by atoms with Crippen molar-refractivity contribution in [3.05, 3.63) is 42.5 Å². The van der Waals surface area contributed by atoms with Gasteiger partial charge in [0.2, 0.25) is 0 Å². The van der Waals surface area contributed by atoms with Gasteiger partial charge in [0, 0.05) is 7.05 Å². The van der Waals surface area contributed by atoms with Crippen LogP contribution in [0.15, 0.2) is 36.7 Å². The van der Waals surface area contributed by atoms with Crippen molar-refractivity contribution >= 4 is 30.7 Å². The smallest absolute Gasteiger partial charge is 0.459 e. The van der Waals surface area contributed by atoms with E-state index in [0.29, 0.717) is 22.8 Å². The number of aromatic nitrogens is 4. The second-order valence-corrected chi connectivity index (χ2v) is 10.9. The van der Waals surface area contributed by atoms with Crippen LogP contribution in [-0.2, 0) is 23.4 Å². The fraction of sp³-hybridized carbons (Fsp3) is 0.500. The van der Waals surface area contributed by atoms with E-state index in [1.807, 2.05) is 0 Å². The molecule has 6 atom stereocenters. The van der Waals surface area contributed by atoms with Crippen LogP contribution in [-0.4, -0.2) is 74.8 Å². The number of nitrogens with one attached hydrogen (secondary N) is 2. The topological polar surface area (TPSA) is 159 Å². The number of fused-ring (bicyclic) bond motifs is 1. The maximum atomic E-state index is 15.3. The van der Waals surface area contributed by atoms with Gasteiger partial charge in [0.25, 0.3) is 0 Å². The first kappa shape index (κ1) is 28.8. The second kappa shape index (κ2) is 11.9. The predicted molar refractivity (Wildman–Crippen MR) is 139 cm³/mol. The van der Waals surface area contributed by atoms with Gasteiger partial charge in [-0.1, -0.05) is 18.2 Å². The summed E-state index contributed by atoms with van der Waals surface area (Å²) in [5, 5.41) is 16.1. The molecule has 0 amide bonds. The molecular weight excluding hydrogens is 534 g/mol. The Labute approximate surface area is 224 Å². The number of carbonyl (C=O) groups is 1. The maximum absolute atomic E-state index is 15.3. The van der Waals surface area contributed by atoms with Crippen molar-refractivity contribution in [2.24, 2.45) is 0 Å². The van der Waals surface area contributed by atoms with Crippen LogP contribution in [0.1, 0.15) is 32.8 Å². The molecule has 0 unspecified atom stereocenters. The number of benzene rings is 1. The van der Waals surface area contributed by atoms with Gasteiger partial charge in [0.05, 0.1) is 19.0 Å². The Morgan fingerprint density at radius 3 is 2.64 bits per heavy atom. The number of halogens is 1. The molecular formula is C24H32FN6O7P. The summed E-state index contributed by atoms with van der Waals surface area (Å²) >= 11 is 0. The number of hydrogen-bond acceptors (Lipinski definition) is 11. The zero-order valence-corrected chi connectivity index (χ0v) is 23.0. The average molecular weight is 567 g/mol. The first-order chi connectivity index (χ1) is 18.5. The molecule has 3 heterocycles. The molecule has 0 bridgehead atoms. The van der Waals surface area contributed by atoms with E-state index in [2.05, 4.69) is 25.4 Å². The van der Waals surface area contributed by atoms with E-state index in [1.165, 1.54) is 17.8 Å². The van der Waals surface area contributed by atoms with E-state index in [0.717, 1.165) is 0 Å². The van der Waals surface area contributed by atoms with Gasteiger partial charge in [-0.05, 0) is 39.8 Å². The van der Waals surface area contributed by atoms with E-state index in [-0.39, 0.29) is 5.75 Å². The lowest BCUT2D eigenvalue weighted by Gasteiger charge is -2.25. The Balaban J connectivity index is 1.52. The van der Waals surface area contributed by atoms with Crippen LogP contribution < -0.4 is 14.9 Å². The minimum absolute atomic E-state index is 0.201. The van der Waals surface area contributed by atoms with Crippen molar-refractivity contribution in [1.82, 2.24) is 24.6 Å². The molecule has 0 radical (unpaired) electrons. The van der Waals surface area contributed by atoms with E-state index in [1.54, 1.807) is 58.2 Å².